The minimum Gasteiger partial charge on any atom is -0.301 e. The highest BCUT2D eigenvalue weighted by Crippen LogP contribution is 2.54. The summed E-state index contributed by atoms with van der Waals surface area (Å²) in [5, 5.41) is 6.53. The van der Waals surface area contributed by atoms with Crippen molar-refractivity contribution in [1.82, 2.24) is 0 Å². The molecule has 214 valence electrons. The van der Waals surface area contributed by atoms with Gasteiger partial charge in [-0.15, -0.1) is 11.3 Å². The Morgan fingerprint density at radius 1 is 0.578 bits per heavy atom. The van der Waals surface area contributed by atoms with Crippen molar-refractivity contribution in [1.29, 1.82) is 0 Å². The number of anilines is 3. The van der Waals surface area contributed by atoms with Gasteiger partial charge in [0.1, 0.15) is 5.00 Å². The number of nitrogens with zero attached hydrogens (tertiary/aromatic N) is 1. The van der Waals surface area contributed by atoms with Crippen LogP contribution in [0.1, 0.15) is 51.3 Å². The molecule has 6 aromatic carbocycles. The Hall–Kier alpha value is -5.32. The van der Waals surface area contributed by atoms with Crippen LogP contribution in [0.2, 0.25) is 0 Å². The molecular formula is C41H27NO2S. The van der Waals surface area contributed by atoms with Crippen LogP contribution in [0.5, 0.6) is 0 Å². The molecule has 0 atom stereocenters. The van der Waals surface area contributed by atoms with Crippen LogP contribution >= 0.6 is 11.3 Å². The number of allylic oxidation sites excluding steroid dienone is 1. The summed E-state index contributed by atoms with van der Waals surface area (Å²) in [5.74, 6) is -0.411. The number of ketones is 2. The van der Waals surface area contributed by atoms with Gasteiger partial charge in [0.15, 0.2) is 11.6 Å². The van der Waals surface area contributed by atoms with Crippen molar-refractivity contribution in [2.24, 2.45) is 0 Å². The van der Waals surface area contributed by atoms with Crippen LogP contribution in [-0.4, -0.2) is 11.6 Å². The molecule has 0 fully saturated rings. The lowest BCUT2D eigenvalue weighted by molar-refractivity contribution is 0.0990. The number of Topliss-reactive ketones (excluding diaryl/α,β-unsaturated/α-hetero) is 2. The minimum absolute atomic E-state index is 0.206. The molecule has 7 aromatic rings. The average Bonchev–Trinajstić information content (AvgIpc) is 3.58. The van der Waals surface area contributed by atoms with Crippen molar-refractivity contribution in [3.05, 3.63) is 155 Å². The molecule has 0 spiro atoms. The molecule has 0 unspecified atom stereocenters. The van der Waals surface area contributed by atoms with Crippen LogP contribution in [0.4, 0.5) is 16.4 Å². The molecule has 0 N–H and O–H groups in total. The highest BCUT2D eigenvalue weighted by Gasteiger charge is 2.38. The van der Waals surface area contributed by atoms with E-state index in [1.807, 2.05) is 42.5 Å². The standard InChI is InChI=1S/C41H27NO2S/c1-41(2)33-12-6-7-13-35(33)42(38-23-28-11-5-8-14-37(28)45-38)36-22-27-16-15-24(17-29(27)21-34(36)41)18-32-39(43)30-19-25-9-3-4-10-26(25)20-31(30)40(32)44/h3-23H,1-2H3. The quantitative estimate of drug-likeness (QED) is 0.147. The Bertz CT molecular complexity index is 2370. The Labute approximate surface area is 264 Å². The van der Waals surface area contributed by atoms with Gasteiger partial charge in [0.25, 0.3) is 0 Å². The number of fused-ring (bicyclic) bond motifs is 6. The Kier molecular flexibility index (Phi) is 5.42. The van der Waals surface area contributed by atoms with Crippen molar-refractivity contribution >= 4 is 77.0 Å². The van der Waals surface area contributed by atoms with Gasteiger partial charge in [-0.3, -0.25) is 9.59 Å². The normalized spacial score (nSPS) is 15.1. The van der Waals surface area contributed by atoms with Gasteiger partial charge in [0.05, 0.1) is 16.9 Å². The van der Waals surface area contributed by atoms with E-state index in [1.165, 1.54) is 37.6 Å². The molecular weight excluding hydrogens is 571 g/mol. The van der Waals surface area contributed by atoms with Crippen LogP contribution in [0.15, 0.2) is 127 Å². The van der Waals surface area contributed by atoms with Crippen LogP contribution in [0, 0.1) is 0 Å². The highest BCUT2D eigenvalue weighted by molar-refractivity contribution is 7.23. The molecule has 2 heterocycles. The third-order valence-corrected chi connectivity index (χ3v) is 10.6. The summed E-state index contributed by atoms with van der Waals surface area (Å²) in [5.41, 5.74) is 6.70. The van der Waals surface area contributed by atoms with Crippen molar-refractivity contribution < 1.29 is 9.59 Å². The number of benzene rings is 6. The van der Waals surface area contributed by atoms with E-state index in [9.17, 15) is 9.59 Å². The molecule has 0 saturated carbocycles. The first-order valence-corrected chi connectivity index (χ1v) is 16.0. The van der Waals surface area contributed by atoms with Gasteiger partial charge >= 0.3 is 0 Å². The number of rotatable bonds is 2. The van der Waals surface area contributed by atoms with Gasteiger partial charge in [0.2, 0.25) is 0 Å². The summed E-state index contributed by atoms with van der Waals surface area (Å²) in [6.07, 6.45) is 1.76. The highest BCUT2D eigenvalue weighted by atomic mass is 32.1. The van der Waals surface area contributed by atoms with E-state index >= 15 is 0 Å². The van der Waals surface area contributed by atoms with Gasteiger partial charge in [-0.2, -0.15) is 0 Å². The van der Waals surface area contributed by atoms with Crippen molar-refractivity contribution in [2.45, 2.75) is 19.3 Å². The van der Waals surface area contributed by atoms with E-state index in [1.54, 1.807) is 17.4 Å². The summed E-state index contributed by atoms with van der Waals surface area (Å²) >= 11 is 1.81. The van der Waals surface area contributed by atoms with E-state index in [0.717, 1.165) is 27.1 Å². The van der Waals surface area contributed by atoms with E-state index < -0.39 is 0 Å². The second-order valence-corrected chi connectivity index (χ2v) is 13.6. The molecule has 9 rings (SSSR count). The molecule has 4 heteroatoms. The minimum atomic E-state index is -0.233. The Morgan fingerprint density at radius 3 is 1.96 bits per heavy atom. The number of carbonyl (C=O) groups excluding carboxylic acids is 2. The SMILES string of the molecule is CC1(C)c2ccccc2N(c2cc3ccccc3s2)c2cc3ccc(C=C4C(=O)c5cc6ccccc6cc5C4=O)cc3cc21. The molecule has 2 aliphatic rings. The van der Waals surface area contributed by atoms with Crippen LogP contribution in [-0.2, 0) is 5.41 Å². The molecule has 0 saturated heterocycles. The van der Waals surface area contributed by atoms with Gasteiger partial charge in [-0.25, -0.2) is 0 Å². The van der Waals surface area contributed by atoms with Gasteiger partial charge in [-0.05, 0) is 98.2 Å². The summed E-state index contributed by atoms with van der Waals surface area (Å²) in [4.78, 5) is 29.3. The molecule has 0 amide bonds. The third kappa shape index (κ3) is 3.82. The zero-order chi connectivity index (χ0) is 30.4. The van der Waals surface area contributed by atoms with E-state index in [2.05, 4.69) is 97.6 Å². The maximum absolute atomic E-state index is 13.5. The van der Waals surface area contributed by atoms with E-state index in [0.29, 0.717) is 11.1 Å². The smallest absolute Gasteiger partial charge is 0.197 e. The number of hydrogen-bond acceptors (Lipinski definition) is 4. The largest absolute Gasteiger partial charge is 0.301 e. The topological polar surface area (TPSA) is 37.4 Å². The first-order chi connectivity index (χ1) is 21.9. The number of para-hydroxylation sites is 1. The first kappa shape index (κ1) is 26.1. The van der Waals surface area contributed by atoms with Gasteiger partial charge in [0, 0.05) is 21.2 Å². The molecule has 1 aromatic heterocycles. The molecule has 1 aliphatic heterocycles. The fourth-order valence-corrected chi connectivity index (χ4v) is 8.26. The number of carbonyl (C=O) groups is 2. The van der Waals surface area contributed by atoms with Crippen molar-refractivity contribution in [3.63, 3.8) is 0 Å². The predicted molar refractivity (Wildman–Crippen MR) is 187 cm³/mol. The molecule has 0 radical (unpaired) electrons. The van der Waals surface area contributed by atoms with Crippen molar-refractivity contribution in [2.75, 3.05) is 4.90 Å². The summed E-state index contributed by atoms with van der Waals surface area (Å²) in [6.45, 7) is 4.59. The molecule has 0 bridgehead atoms. The third-order valence-electron chi connectivity index (χ3n) is 9.52. The molecule has 3 nitrogen and oxygen atoms in total. The lowest BCUT2D eigenvalue weighted by Crippen LogP contribution is -2.30. The number of thiophene rings is 1. The maximum Gasteiger partial charge on any atom is 0.197 e. The number of hydrogen-bond donors (Lipinski definition) is 0. The lowest BCUT2D eigenvalue weighted by Gasteiger charge is -2.41. The first-order valence-electron chi connectivity index (χ1n) is 15.2. The lowest BCUT2D eigenvalue weighted by atomic mass is 9.73. The van der Waals surface area contributed by atoms with Crippen LogP contribution < -0.4 is 4.90 Å². The van der Waals surface area contributed by atoms with Gasteiger partial charge < -0.3 is 4.90 Å². The van der Waals surface area contributed by atoms with E-state index in [-0.39, 0.29) is 22.6 Å². The predicted octanol–water partition coefficient (Wildman–Crippen LogP) is 10.8. The zero-order valence-corrected chi connectivity index (χ0v) is 25.6. The van der Waals surface area contributed by atoms with Crippen LogP contribution in [0.3, 0.4) is 0 Å². The Morgan fingerprint density at radius 2 is 1.22 bits per heavy atom. The average molecular weight is 598 g/mol. The maximum atomic E-state index is 13.5. The van der Waals surface area contributed by atoms with E-state index in [4.69, 9.17) is 0 Å². The molecule has 45 heavy (non-hydrogen) atoms. The fraction of sp³-hybridized carbons (Fsp3) is 0.0732. The second kappa shape index (κ2) is 9.34. The summed E-state index contributed by atoms with van der Waals surface area (Å²) in [7, 11) is 0. The monoisotopic (exact) mass is 597 g/mol. The zero-order valence-electron chi connectivity index (χ0n) is 24.8. The van der Waals surface area contributed by atoms with Crippen LogP contribution in [0.25, 0.3) is 37.7 Å². The second-order valence-electron chi connectivity index (χ2n) is 12.5. The summed E-state index contributed by atoms with van der Waals surface area (Å²) < 4.78 is 1.26. The fourth-order valence-electron chi connectivity index (χ4n) is 7.17. The van der Waals surface area contributed by atoms with Crippen molar-refractivity contribution in [3.8, 4) is 0 Å². The Balaban J connectivity index is 1.18. The van der Waals surface area contributed by atoms with Gasteiger partial charge in [-0.1, -0.05) is 86.6 Å². The molecule has 1 aliphatic carbocycles. The summed E-state index contributed by atoms with van der Waals surface area (Å²) in [6, 6.07) is 41.9.